The van der Waals surface area contributed by atoms with Gasteiger partial charge in [0, 0.05) is 24.5 Å². The minimum absolute atomic E-state index is 0.0148. The van der Waals surface area contributed by atoms with E-state index in [0.29, 0.717) is 17.1 Å². The summed E-state index contributed by atoms with van der Waals surface area (Å²) in [6.45, 7) is 3.55. The normalized spacial score (nSPS) is 12.0. The highest BCUT2D eigenvalue weighted by atomic mass is 35.5. The van der Waals surface area contributed by atoms with Crippen LogP contribution in [-0.2, 0) is 32.6 Å². The SMILES string of the molecule is CC(C)CNC(=O)[C@H](Cc1ccccc1)N(Cc1ccc(Cl)cc1)C(=O)CN(c1ccccc1F)S(=O)(=O)c1ccccc1. The van der Waals surface area contributed by atoms with Crippen molar-refractivity contribution in [3.05, 3.63) is 131 Å². The summed E-state index contributed by atoms with van der Waals surface area (Å²) in [5.74, 6) is -1.71. The summed E-state index contributed by atoms with van der Waals surface area (Å²) in [6, 6.07) is 28.0. The molecule has 0 aromatic heterocycles. The number of carbonyl (C=O) groups is 2. The van der Waals surface area contributed by atoms with Crippen molar-refractivity contribution in [2.45, 2.75) is 37.8 Å². The lowest BCUT2D eigenvalue weighted by Gasteiger charge is -2.34. The molecule has 44 heavy (non-hydrogen) atoms. The second-order valence-electron chi connectivity index (χ2n) is 10.8. The van der Waals surface area contributed by atoms with Crippen LogP contribution in [0.15, 0.2) is 114 Å². The molecule has 10 heteroatoms. The maximum atomic E-state index is 15.2. The van der Waals surface area contributed by atoms with Crippen LogP contribution in [0.4, 0.5) is 10.1 Å². The third-order valence-corrected chi connectivity index (χ3v) is 8.98. The smallest absolute Gasteiger partial charge is 0.264 e. The molecule has 1 N–H and O–H groups in total. The van der Waals surface area contributed by atoms with Crippen LogP contribution in [0.5, 0.6) is 0 Å². The van der Waals surface area contributed by atoms with Gasteiger partial charge in [-0.2, -0.15) is 0 Å². The number of hydrogen-bond donors (Lipinski definition) is 1. The molecule has 0 unspecified atom stereocenters. The fraction of sp³-hybridized carbons (Fsp3) is 0.235. The van der Waals surface area contributed by atoms with Crippen molar-refractivity contribution in [3.8, 4) is 0 Å². The van der Waals surface area contributed by atoms with E-state index >= 15 is 4.39 Å². The van der Waals surface area contributed by atoms with Crippen molar-refractivity contribution in [1.82, 2.24) is 10.2 Å². The largest absolute Gasteiger partial charge is 0.354 e. The Morgan fingerprint density at radius 3 is 2.02 bits per heavy atom. The van der Waals surface area contributed by atoms with Gasteiger partial charge in [-0.15, -0.1) is 0 Å². The molecule has 4 aromatic carbocycles. The second kappa shape index (κ2) is 15.0. The standard InChI is InChI=1S/C34H35ClFN3O4S/c1-25(2)22-37-34(41)32(21-26-11-5-3-6-12-26)38(23-27-17-19-28(35)20-18-27)33(40)24-39(31-16-10-9-15-30(31)36)44(42,43)29-13-7-4-8-14-29/h3-20,25,32H,21-24H2,1-2H3,(H,37,41)/t32-/m0/s1. The van der Waals surface area contributed by atoms with Crippen molar-refractivity contribution in [2.75, 3.05) is 17.4 Å². The Hall–Kier alpha value is -4.21. The first kappa shape index (κ1) is 32.7. The predicted octanol–water partition coefficient (Wildman–Crippen LogP) is 6.09. The summed E-state index contributed by atoms with van der Waals surface area (Å²) < 4.78 is 43.7. The first-order chi connectivity index (χ1) is 21.1. The molecule has 4 rings (SSSR count). The minimum atomic E-state index is -4.38. The van der Waals surface area contributed by atoms with Gasteiger partial charge in [0.1, 0.15) is 18.4 Å². The van der Waals surface area contributed by atoms with Crippen LogP contribution < -0.4 is 9.62 Å². The number of para-hydroxylation sites is 1. The van der Waals surface area contributed by atoms with E-state index in [1.165, 1.54) is 35.2 Å². The number of carbonyl (C=O) groups excluding carboxylic acids is 2. The van der Waals surface area contributed by atoms with Crippen LogP contribution in [-0.4, -0.2) is 44.3 Å². The van der Waals surface area contributed by atoms with Crippen LogP contribution in [0.1, 0.15) is 25.0 Å². The first-order valence-electron chi connectivity index (χ1n) is 14.2. The van der Waals surface area contributed by atoms with Crippen LogP contribution in [0.3, 0.4) is 0 Å². The number of anilines is 1. The number of halogens is 2. The summed E-state index contributed by atoms with van der Waals surface area (Å²) in [4.78, 5) is 29.4. The fourth-order valence-corrected chi connectivity index (χ4v) is 6.22. The van der Waals surface area contributed by atoms with E-state index in [0.717, 1.165) is 15.9 Å². The Balaban J connectivity index is 1.79. The summed E-state index contributed by atoms with van der Waals surface area (Å²) in [5.41, 5.74) is 1.22. The van der Waals surface area contributed by atoms with E-state index in [2.05, 4.69) is 5.32 Å². The maximum Gasteiger partial charge on any atom is 0.264 e. The van der Waals surface area contributed by atoms with Gasteiger partial charge in [0.05, 0.1) is 10.6 Å². The third-order valence-electron chi connectivity index (χ3n) is 6.95. The average molecular weight is 636 g/mol. The molecule has 230 valence electrons. The third kappa shape index (κ3) is 8.45. The predicted molar refractivity (Wildman–Crippen MR) is 171 cm³/mol. The van der Waals surface area contributed by atoms with Gasteiger partial charge in [0.25, 0.3) is 10.0 Å². The zero-order valence-corrected chi connectivity index (χ0v) is 26.1. The molecule has 0 aliphatic rings. The van der Waals surface area contributed by atoms with E-state index in [1.54, 1.807) is 42.5 Å². The molecule has 0 fully saturated rings. The highest BCUT2D eigenvalue weighted by molar-refractivity contribution is 7.92. The van der Waals surface area contributed by atoms with Gasteiger partial charge in [-0.05, 0) is 53.4 Å². The van der Waals surface area contributed by atoms with E-state index in [4.69, 9.17) is 11.6 Å². The van der Waals surface area contributed by atoms with Gasteiger partial charge < -0.3 is 10.2 Å². The molecule has 0 heterocycles. The number of sulfonamides is 1. The van der Waals surface area contributed by atoms with E-state index in [-0.39, 0.29) is 35.4 Å². The molecule has 0 spiro atoms. The molecule has 0 radical (unpaired) electrons. The highest BCUT2D eigenvalue weighted by Gasteiger charge is 2.35. The number of hydrogen-bond acceptors (Lipinski definition) is 4. The van der Waals surface area contributed by atoms with Crippen molar-refractivity contribution in [3.63, 3.8) is 0 Å². The molecule has 2 amide bonds. The molecule has 0 bridgehead atoms. The number of amides is 2. The van der Waals surface area contributed by atoms with E-state index in [9.17, 15) is 18.0 Å². The van der Waals surface area contributed by atoms with Crippen molar-refractivity contribution < 1.29 is 22.4 Å². The zero-order valence-electron chi connectivity index (χ0n) is 24.6. The molecule has 1 atom stereocenters. The van der Waals surface area contributed by atoms with Gasteiger partial charge in [0.15, 0.2) is 0 Å². The lowest BCUT2D eigenvalue weighted by atomic mass is 10.0. The Morgan fingerprint density at radius 2 is 1.41 bits per heavy atom. The van der Waals surface area contributed by atoms with Gasteiger partial charge in [-0.25, -0.2) is 12.8 Å². The number of rotatable bonds is 13. The number of benzene rings is 4. The van der Waals surface area contributed by atoms with Crippen molar-refractivity contribution in [2.24, 2.45) is 5.92 Å². The molecule has 0 saturated heterocycles. The van der Waals surface area contributed by atoms with Gasteiger partial charge >= 0.3 is 0 Å². The summed E-state index contributed by atoms with van der Waals surface area (Å²) in [6.07, 6.45) is 0.176. The molecule has 7 nitrogen and oxygen atoms in total. The quantitative estimate of drug-likeness (QED) is 0.193. The van der Waals surface area contributed by atoms with Crippen LogP contribution in [0.2, 0.25) is 5.02 Å². The summed E-state index contributed by atoms with van der Waals surface area (Å²) in [7, 11) is -4.38. The lowest BCUT2D eigenvalue weighted by Crippen LogP contribution is -2.53. The number of nitrogens with zero attached hydrogens (tertiary/aromatic N) is 2. The van der Waals surface area contributed by atoms with Gasteiger partial charge in [-0.3, -0.25) is 13.9 Å². The van der Waals surface area contributed by atoms with Crippen LogP contribution in [0, 0.1) is 11.7 Å². The molecule has 4 aromatic rings. The molecule has 0 aliphatic carbocycles. The van der Waals surface area contributed by atoms with E-state index in [1.807, 2.05) is 44.2 Å². The average Bonchev–Trinajstić information content (AvgIpc) is 3.02. The van der Waals surface area contributed by atoms with Gasteiger partial charge in [0.2, 0.25) is 11.8 Å². The monoisotopic (exact) mass is 635 g/mol. The number of nitrogens with one attached hydrogen (secondary N) is 1. The maximum absolute atomic E-state index is 15.2. The topological polar surface area (TPSA) is 86.8 Å². The fourth-order valence-electron chi connectivity index (χ4n) is 4.65. The van der Waals surface area contributed by atoms with Crippen molar-refractivity contribution in [1.29, 1.82) is 0 Å². The Kier molecular flexibility index (Phi) is 11.1. The molecular weight excluding hydrogens is 601 g/mol. The van der Waals surface area contributed by atoms with Gasteiger partial charge in [-0.1, -0.05) is 98.2 Å². The zero-order chi connectivity index (χ0) is 31.7. The summed E-state index contributed by atoms with van der Waals surface area (Å²) in [5, 5.41) is 3.44. The van der Waals surface area contributed by atoms with Crippen molar-refractivity contribution >= 4 is 39.1 Å². The Morgan fingerprint density at radius 1 is 0.818 bits per heavy atom. The van der Waals surface area contributed by atoms with E-state index < -0.39 is 34.3 Å². The Bertz CT molecular complexity index is 1650. The van der Waals surface area contributed by atoms with Crippen LogP contribution in [0.25, 0.3) is 0 Å². The summed E-state index contributed by atoms with van der Waals surface area (Å²) >= 11 is 6.11. The molecular formula is C34H35ClFN3O4S. The molecule has 0 saturated carbocycles. The minimum Gasteiger partial charge on any atom is -0.354 e. The molecule has 0 aliphatic heterocycles. The first-order valence-corrected chi connectivity index (χ1v) is 16.1. The highest BCUT2D eigenvalue weighted by Crippen LogP contribution is 2.27. The second-order valence-corrected chi connectivity index (χ2v) is 13.1. The van der Waals surface area contributed by atoms with Crippen LogP contribution >= 0.6 is 11.6 Å². The lowest BCUT2D eigenvalue weighted by molar-refractivity contribution is -0.140. The Labute approximate surface area is 263 Å².